The third-order valence-electron chi connectivity index (χ3n) is 3.26. The molecule has 1 heterocycles. The monoisotopic (exact) mass is 302 g/mol. The number of benzene rings is 2. The van der Waals surface area contributed by atoms with E-state index in [2.05, 4.69) is 12.2 Å². The first-order valence-electron chi connectivity index (χ1n) is 6.64. The molecule has 0 N–H and O–H groups in total. The fraction of sp³-hybridized carbons (Fsp3) is 0. The van der Waals surface area contributed by atoms with Gasteiger partial charge in [-0.05, 0) is 29.8 Å². The maximum absolute atomic E-state index is 12.6. The van der Waals surface area contributed by atoms with Crippen LogP contribution in [0, 0.1) is 25.1 Å². The van der Waals surface area contributed by atoms with Crippen LogP contribution in [0.2, 0.25) is 0 Å². The van der Waals surface area contributed by atoms with Gasteiger partial charge in [0.05, 0.1) is 10.9 Å². The second-order valence-corrected chi connectivity index (χ2v) is 4.60. The average molecular weight is 302 g/mol. The number of hydrogen-bond acceptors (Lipinski definition) is 4. The number of hydrogen-bond donors (Lipinski definition) is 0. The molecule has 4 heteroatoms. The van der Waals surface area contributed by atoms with Crippen LogP contribution in [0.3, 0.4) is 0 Å². The smallest absolute Gasteiger partial charge is 0.200 e. The van der Waals surface area contributed by atoms with Crippen molar-refractivity contribution in [2.45, 2.75) is 0 Å². The zero-order chi connectivity index (χ0) is 16.2. The lowest BCUT2D eigenvalue weighted by Gasteiger charge is -2.04. The van der Waals surface area contributed by atoms with Crippen molar-refractivity contribution < 1.29 is 13.9 Å². The van der Waals surface area contributed by atoms with E-state index in [1.807, 2.05) is 0 Å². The first-order chi connectivity index (χ1) is 11.2. The first-order valence-corrected chi connectivity index (χ1v) is 6.64. The summed E-state index contributed by atoms with van der Waals surface area (Å²) >= 11 is 0. The van der Waals surface area contributed by atoms with Crippen LogP contribution < -0.4 is 14.9 Å². The van der Waals surface area contributed by atoms with Gasteiger partial charge in [0, 0.05) is 6.07 Å². The maximum atomic E-state index is 12.6. The fourth-order valence-corrected chi connectivity index (χ4v) is 2.21. The second-order valence-electron chi connectivity index (χ2n) is 4.60. The molecule has 4 nitrogen and oxygen atoms in total. The van der Waals surface area contributed by atoms with E-state index >= 15 is 0 Å². The number of terminal acetylenes is 2. The van der Waals surface area contributed by atoms with Gasteiger partial charge in [0.2, 0.25) is 0 Å². The molecule has 1 aromatic heterocycles. The van der Waals surface area contributed by atoms with Crippen molar-refractivity contribution in [3.05, 3.63) is 59.0 Å². The quantitative estimate of drug-likeness (QED) is 0.696. The normalized spacial score (nSPS) is 9.83. The summed E-state index contributed by atoms with van der Waals surface area (Å²) in [6.07, 6.45) is 15.7. The Morgan fingerprint density at radius 2 is 1.57 bits per heavy atom. The Morgan fingerprint density at radius 3 is 2.26 bits per heavy atom. The molecule has 0 radical (unpaired) electrons. The fourth-order valence-electron chi connectivity index (χ4n) is 2.21. The highest BCUT2D eigenvalue weighted by Gasteiger charge is 2.10. The van der Waals surface area contributed by atoms with E-state index in [4.69, 9.17) is 26.7 Å². The highest BCUT2D eigenvalue weighted by atomic mass is 16.5. The van der Waals surface area contributed by atoms with Crippen LogP contribution in [0.15, 0.2) is 57.9 Å². The maximum Gasteiger partial charge on any atom is 0.200 e. The predicted molar refractivity (Wildman–Crippen MR) is 86.8 cm³/mol. The lowest BCUT2D eigenvalue weighted by molar-refractivity contribution is 0.518. The summed E-state index contributed by atoms with van der Waals surface area (Å²) in [6, 6.07) is 11.6. The number of rotatable bonds is 3. The first kappa shape index (κ1) is 14.3. The number of ether oxygens (including phenoxy) is 2. The van der Waals surface area contributed by atoms with Crippen molar-refractivity contribution in [2.24, 2.45) is 0 Å². The van der Waals surface area contributed by atoms with Gasteiger partial charge in [-0.25, -0.2) is 0 Å². The van der Waals surface area contributed by atoms with Gasteiger partial charge in [0.25, 0.3) is 0 Å². The van der Waals surface area contributed by atoms with Crippen molar-refractivity contribution in [3.63, 3.8) is 0 Å². The van der Waals surface area contributed by atoms with E-state index < -0.39 is 0 Å². The molecule has 0 saturated heterocycles. The third kappa shape index (κ3) is 2.74. The second kappa shape index (κ2) is 6.01. The van der Waals surface area contributed by atoms with E-state index in [1.54, 1.807) is 42.5 Å². The van der Waals surface area contributed by atoms with Crippen LogP contribution in [0.1, 0.15) is 0 Å². The van der Waals surface area contributed by atoms with Crippen LogP contribution in [0.5, 0.6) is 11.5 Å². The Bertz CT molecular complexity index is 999. The van der Waals surface area contributed by atoms with Crippen molar-refractivity contribution in [3.8, 4) is 47.7 Å². The van der Waals surface area contributed by atoms with Gasteiger partial charge in [0.1, 0.15) is 35.6 Å². The van der Waals surface area contributed by atoms with Gasteiger partial charge < -0.3 is 13.9 Å². The lowest BCUT2D eigenvalue weighted by atomic mass is 10.1. The molecule has 0 atom stereocenters. The summed E-state index contributed by atoms with van der Waals surface area (Å²) in [4.78, 5) is 12.6. The van der Waals surface area contributed by atoms with Gasteiger partial charge in [-0.15, -0.1) is 0 Å². The van der Waals surface area contributed by atoms with E-state index in [0.717, 1.165) is 0 Å². The molecule has 0 aliphatic rings. The van der Waals surface area contributed by atoms with Crippen molar-refractivity contribution in [2.75, 3.05) is 0 Å². The lowest BCUT2D eigenvalue weighted by Crippen LogP contribution is -2.04. The summed E-state index contributed by atoms with van der Waals surface area (Å²) in [5.74, 6) is 0.962. The van der Waals surface area contributed by atoms with Gasteiger partial charge >= 0.3 is 0 Å². The molecule has 0 aliphatic carbocycles. The minimum absolute atomic E-state index is 0.149. The van der Waals surface area contributed by atoms with Gasteiger partial charge in [-0.2, -0.15) is 0 Å². The topological polar surface area (TPSA) is 48.7 Å². The number of fused-ring (bicyclic) bond motifs is 1. The standard InChI is InChI=1S/C19H10O4/c1-3-21-14-7-5-13(6-8-14)17-12-23-18-11-15(22-4-2)9-10-16(18)19(17)20/h1-2,5-12H. The zero-order valence-electron chi connectivity index (χ0n) is 11.9. The van der Waals surface area contributed by atoms with Crippen LogP contribution >= 0.6 is 0 Å². The Morgan fingerprint density at radius 1 is 0.913 bits per heavy atom. The summed E-state index contributed by atoms with van der Waals surface area (Å²) in [6.45, 7) is 0. The van der Waals surface area contributed by atoms with Crippen LogP contribution in [-0.2, 0) is 0 Å². The molecule has 3 rings (SSSR count). The largest absolute Gasteiger partial charge is 0.463 e. The van der Waals surface area contributed by atoms with Gasteiger partial charge in [0.15, 0.2) is 5.43 Å². The van der Waals surface area contributed by atoms with E-state index in [1.165, 1.54) is 6.26 Å². The molecular weight excluding hydrogens is 292 g/mol. The molecule has 0 aliphatic heterocycles. The molecule has 2 aromatic carbocycles. The molecule has 0 bridgehead atoms. The highest BCUT2D eigenvalue weighted by molar-refractivity contribution is 5.82. The van der Waals surface area contributed by atoms with Crippen molar-refractivity contribution >= 4 is 11.0 Å². The molecule has 110 valence electrons. The van der Waals surface area contributed by atoms with Crippen molar-refractivity contribution in [1.29, 1.82) is 0 Å². The molecule has 0 fully saturated rings. The van der Waals surface area contributed by atoms with Crippen LogP contribution in [-0.4, -0.2) is 0 Å². The summed E-state index contributed by atoms with van der Waals surface area (Å²) in [7, 11) is 0. The third-order valence-corrected chi connectivity index (χ3v) is 3.26. The zero-order valence-corrected chi connectivity index (χ0v) is 11.9. The van der Waals surface area contributed by atoms with E-state index in [-0.39, 0.29) is 5.43 Å². The minimum atomic E-state index is -0.149. The SMILES string of the molecule is C#COc1ccc(-c2coc3cc(OC#C)ccc3c2=O)cc1. The van der Waals surface area contributed by atoms with Crippen molar-refractivity contribution in [1.82, 2.24) is 0 Å². The molecular formula is C19H10O4. The van der Waals surface area contributed by atoms with Gasteiger partial charge in [-0.3, -0.25) is 4.79 Å². The Kier molecular flexibility index (Phi) is 3.74. The van der Waals surface area contributed by atoms with E-state index in [0.29, 0.717) is 33.6 Å². The minimum Gasteiger partial charge on any atom is -0.463 e. The highest BCUT2D eigenvalue weighted by Crippen LogP contribution is 2.24. The molecule has 0 saturated carbocycles. The molecule has 0 spiro atoms. The van der Waals surface area contributed by atoms with Crippen LogP contribution in [0.4, 0.5) is 0 Å². The molecule has 0 unspecified atom stereocenters. The summed E-state index contributed by atoms with van der Waals surface area (Å²) < 4.78 is 15.4. The van der Waals surface area contributed by atoms with E-state index in [9.17, 15) is 4.79 Å². The molecule has 0 amide bonds. The summed E-state index contributed by atoms with van der Waals surface area (Å²) in [5.41, 5.74) is 1.40. The Hall–Kier alpha value is -3.63. The molecule has 3 aromatic rings. The van der Waals surface area contributed by atoms with Crippen LogP contribution in [0.25, 0.3) is 22.1 Å². The summed E-state index contributed by atoms with van der Waals surface area (Å²) in [5, 5.41) is 0.441. The molecule has 23 heavy (non-hydrogen) atoms. The average Bonchev–Trinajstić information content (AvgIpc) is 2.57. The Balaban J connectivity index is 2.07. The van der Waals surface area contributed by atoms with Gasteiger partial charge in [-0.1, -0.05) is 25.0 Å². The predicted octanol–water partition coefficient (Wildman–Crippen LogP) is 3.40. The Labute approximate surface area is 132 Å².